The molecule has 5 heteroatoms. The second kappa shape index (κ2) is 9.68. The Morgan fingerprint density at radius 3 is 2.76 bits per heavy atom. The number of pyridine rings is 1. The van der Waals surface area contributed by atoms with Crippen molar-refractivity contribution in [2.24, 2.45) is 5.92 Å². The van der Waals surface area contributed by atoms with E-state index in [-0.39, 0.29) is 11.8 Å². The number of amides is 1. The zero-order valence-electron chi connectivity index (χ0n) is 17.3. The number of nitrogens with zero attached hydrogens (tertiary/aromatic N) is 3. The normalized spacial score (nSPS) is 19.6. The maximum absolute atomic E-state index is 13.4. The van der Waals surface area contributed by atoms with E-state index in [2.05, 4.69) is 40.4 Å². The van der Waals surface area contributed by atoms with E-state index in [1.807, 2.05) is 34.4 Å². The summed E-state index contributed by atoms with van der Waals surface area (Å²) in [6, 6.07) is 10.5. The van der Waals surface area contributed by atoms with E-state index >= 15 is 0 Å². The molecule has 1 aliphatic carbocycles. The first kappa shape index (κ1) is 20.3. The molecule has 0 unspecified atom stereocenters. The lowest BCUT2D eigenvalue weighted by atomic mass is 9.88. The van der Waals surface area contributed by atoms with Crippen molar-refractivity contribution >= 4 is 28.6 Å². The molecule has 0 aromatic carbocycles. The molecule has 4 nitrogen and oxygen atoms in total. The highest BCUT2D eigenvalue weighted by Crippen LogP contribution is 2.29. The summed E-state index contributed by atoms with van der Waals surface area (Å²) >= 11 is 1.82. The lowest BCUT2D eigenvalue weighted by Crippen LogP contribution is -2.48. The van der Waals surface area contributed by atoms with E-state index < -0.39 is 0 Å². The van der Waals surface area contributed by atoms with Gasteiger partial charge in [0.25, 0.3) is 0 Å². The van der Waals surface area contributed by atoms with Crippen molar-refractivity contribution in [3.05, 3.63) is 52.9 Å². The average molecular weight is 410 g/mol. The standard InChI is InChI=1S/C24H31N3OS/c1-19(26-15-12-20(13-16-26)22-10-7-17-29-22)18-27(23-11-5-6-14-25-23)24(28)21-8-3-2-4-9-21/h5-7,10-12,14,17,19,21H,2-4,8-9,13,15-16,18H2,1H3/t19-/m1/s1. The zero-order valence-corrected chi connectivity index (χ0v) is 18.1. The number of carbonyl (C=O) groups excluding carboxylic acids is 1. The molecule has 2 aromatic rings. The van der Waals surface area contributed by atoms with Crippen LogP contribution in [0.15, 0.2) is 48.0 Å². The van der Waals surface area contributed by atoms with Gasteiger partial charge in [-0.3, -0.25) is 14.6 Å². The average Bonchev–Trinajstić information content (AvgIpc) is 3.33. The molecule has 0 spiro atoms. The third-order valence-electron chi connectivity index (χ3n) is 6.29. The van der Waals surface area contributed by atoms with Crippen LogP contribution in [0.3, 0.4) is 0 Å². The molecule has 1 saturated carbocycles. The van der Waals surface area contributed by atoms with Crippen molar-refractivity contribution < 1.29 is 4.79 Å². The Labute approximate surface area is 178 Å². The lowest BCUT2D eigenvalue weighted by Gasteiger charge is -2.36. The molecule has 0 saturated heterocycles. The summed E-state index contributed by atoms with van der Waals surface area (Å²) < 4.78 is 0. The number of aromatic nitrogens is 1. The molecule has 1 amide bonds. The van der Waals surface area contributed by atoms with Gasteiger partial charge in [0, 0.05) is 42.7 Å². The van der Waals surface area contributed by atoms with Crippen LogP contribution in [0.5, 0.6) is 0 Å². The quantitative estimate of drug-likeness (QED) is 0.655. The van der Waals surface area contributed by atoms with Gasteiger partial charge >= 0.3 is 0 Å². The van der Waals surface area contributed by atoms with Crippen LogP contribution in [0.4, 0.5) is 5.82 Å². The van der Waals surface area contributed by atoms with Crippen molar-refractivity contribution in [3.63, 3.8) is 0 Å². The molecule has 0 bridgehead atoms. The molecular formula is C24H31N3OS. The van der Waals surface area contributed by atoms with Gasteiger partial charge in [0.1, 0.15) is 5.82 Å². The SMILES string of the molecule is C[C@H](CN(C(=O)C1CCCCC1)c1ccccn1)N1CC=C(c2cccs2)CC1. The molecule has 154 valence electrons. The van der Waals surface area contributed by atoms with E-state index in [0.29, 0.717) is 12.6 Å². The molecule has 1 aliphatic heterocycles. The summed E-state index contributed by atoms with van der Waals surface area (Å²) in [6.07, 6.45) is 10.9. The Hall–Kier alpha value is -1.98. The summed E-state index contributed by atoms with van der Waals surface area (Å²) in [5.74, 6) is 1.22. The molecule has 1 fully saturated rings. The van der Waals surface area contributed by atoms with Gasteiger partial charge in [-0.05, 0) is 55.3 Å². The van der Waals surface area contributed by atoms with Gasteiger partial charge in [-0.25, -0.2) is 4.98 Å². The lowest BCUT2D eigenvalue weighted by molar-refractivity contribution is -0.123. The molecule has 0 N–H and O–H groups in total. The fraction of sp³-hybridized carbons (Fsp3) is 0.500. The highest BCUT2D eigenvalue weighted by Gasteiger charge is 2.30. The molecule has 4 rings (SSSR count). The van der Waals surface area contributed by atoms with Gasteiger partial charge in [0.05, 0.1) is 0 Å². The number of hydrogen-bond donors (Lipinski definition) is 0. The first-order valence-corrected chi connectivity index (χ1v) is 11.8. The summed E-state index contributed by atoms with van der Waals surface area (Å²) in [5.41, 5.74) is 1.46. The van der Waals surface area contributed by atoms with Crippen molar-refractivity contribution in [1.29, 1.82) is 0 Å². The minimum Gasteiger partial charge on any atom is -0.295 e. The molecular weight excluding hydrogens is 378 g/mol. The van der Waals surface area contributed by atoms with Gasteiger partial charge < -0.3 is 0 Å². The minimum atomic E-state index is 0.157. The second-order valence-corrected chi connectivity index (χ2v) is 9.22. The molecule has 3 heterocycles. The fourth-order valence-corrected chi connectivity index (χ4v) is 5.33. The second-order valence-electron chi connectivity index (χ2n) is 8.27. The Bertz CT molecular complexity index is 812. The molecule has 2 aromatic heterocycles. The van der Waals surface area contributed by atoms with Crippen LogP contribution in [0.1, 0.15) is 50.3 Å². The van der Waals surface area contributed by atoms with Crippen LogP contribution in [0, 0.1) is 5.92 Å². The van der Waals surface area contributed by atoms with Crippen molar-refractivity contribution in [3.8, 4) is 0 Å². The van der Waals surface area contributed by atoms with Gasteiger partial charge in [-0.1, -0.05) is 37.5 Å². The number of anilines is 1. The first-order chi connectivity index (χ1) is 14.2. The van der Waals surface area contributed by atoms with E-state index in [1.54, 1.807) is 6.20 Å². The Balaban J connectivity index is 1.45. The van der Waals surface area contributed by atoms with E-state index in [1.165, 1.54) is 29.7 Å². The van der Waals surface area contributed by atoms with Crippen molar-refractivity contribution in [1.82, 2.24) is 9.88 Å². The van der Waals surface area contributed by atoms with Gasteiger partial charge in [0.15, 0.2) is 0 Å². The Kier molecular flexibility index (Phi) is 6.78. The minimum absolute atomic E-state index is 0.157. The fourth-order valence-electron chi connectivity index (χ4n) is 4.53. The van der Waals surface area contributed by atoms with Crippen LogP contribution in [-0.2, 0) is 4.79 Å². The first-order valence-electron chi connectivity index (χ1n) is 10.9. The van der Waals surface area contributed by atoms with E-state index in [9.17, 15) is 4.79 Å². The largest absolute Gasteiger partial charge is 0.295 e. The Morgan fingerprint density at radius 2 is 2.10 bits per heavy atom. The number of carbonyl (C=O) groups is 1. The van der Waals surface area contributed by atoms with Crippen LogP contribution in [0.2, 0.25) is 0 Å². The number of rotatable bonds is 6. The summed E-state index contributed by atoms with van der Waals surface area (Å²) in [6.45, 7) is 4.93. The van der Waals surface area contributed by atoms with Crippen LogP contribution in [0.25, 0.3) is 5.57 Å². The summed E-state index contributed by atoms with van der Waals surface area (Å²) in [5, 5.41) is 2.15. The van der Waals surface area contributed by atoms with Crippen molar-refractivity contribution in [2.75, 3.05) is 24.5 Å². The van der Waals surface area contributed by atoms with Crippen LogP contribution in [-0.4, -0.2) is 41.5 Å². The maximum atomic E-state index is 13.4. The summed E-state index contributed by atoms with van der Waals surface area (Å²) in [7, 11) is 0. The predicted molar refractivity (Wildman–Crippen MR) is 121 cm³/mol. The van der Waals surface area contributed by atoms with Gasteiger partial charge in [0.2, 0.25) is 5.91 Å². The van der Waals surface area contributed by atoms with Gasteiger partial charge in [-0.2, -0.15) is 0 Å². The van der Waals surface area contributed by atoms with Gasteiger partial charge in [-0.15, -0.1) is 11.3 Å². The highest BCUT2D eigenvalue weighted by molar-refractivity contribution is 7.11. The Morgan fingerprint density at radius 1 is 1.24 bits per heavy atom. The topological polar surface area (TPSA) is 36.4 Å². The third-order valence-corrected chi connectivity index (χ3v) is 7.24. The molecule has 0 radical (unpaired) electrons. The number of hydrogen-bond acceptors (Lipinski definition) is 4. The monoisotopic (exact) mass is 409 g/mol. The van der Waals surface area contributed by atoms with Crippen LogP contribution >= 0.6 is 11.3 Å². The van der Waals surface area contributed by atoms with Crippen LogP contribution < -0.4 is 4.90 Å². The third kappa shape index (κ3) is 4.96. The molecule has 1 atom stereocenters. The zero-order chi connectivity index (χ0) is 20.1. The predicted octanol–water partition coefficient (Wildman–Crippen LogP) is 5.23. The summed E-state index contributed by atoms with van der Waals surface area (Å²) in [4.78, 5) is 23.7. The van der Waals surface area contributed by atoms with E-state index in [4.69, 9.17) is 0 Å². The molecule has 29 heavy (non-hydrogen) atoms. The molecule has 2 aliphatic rings. The highest BCUT2D eigenvalue weighted by atomic mass is 32.1. The number of thiophene rings is 1. The maximum Gasteiger partial charge on any atom is 0.231 e. The smallest absolute Gasteiger partial charge is 0.231 e. The van der Waals surface area contributed by atoms with E-state index in [0.717, 1.165) is 38.2 Å². The van der Waals surface area contributed by atoms with Crippen molar-refractivity contribution in [2.45, 2.75) is 51.5 Å².